The van der Waals surface area contributed by atoms with Crippen molar-refractivity contribution in [3.63, 3.8) is 0 Å². The summed E-state index contributed by atoms with van der Waals surface area (Å²) in [6, 6.07) is 0.172. The van der Waals surface area contributed by atoms with E-state index < -0.39 is 0 Å². The Hall–Kier alpha value is -0.0800. The maximum atomic E-state index is 6.03. The fourth-order valence-corrected chi connectivity index (χ4v) is 2.35. The van der Waals surface area contributed by atoms with E-state index in [2.05, 4.69) is 13.8 Å². The zero-order chi connectivity index (χ0) is 9.73. The van der Waals surface area contributed by atoms with Crippen LogP contribution in [-0.2, 0) is 4.74 Å². The third-order valence-electron chi connectivity index (χ3n) is 3.21. The van der Waals surface area contributed by atoms with Crippen LogP contribution in [0.4, 0.5) is 0 Å². The Labute approximate surface area is 81.8 Å². The van der Waals surface area contributed by atoms with Gasteiger partial charge in [-0.25, -0.2) is 0 Å². The summed E-state index contributed by atoms with van der Waals surface area (Å²) in [6.45, 7) is 4.94. The Bertz CT molecular complexity index is 137. The quantitative estimate of drug-likeness (QED) is 0.685. The highest BCUT2D eigenvalue weighted by molar-refractivity contribution is 4.90. The lowest BCUT2D eigenvalue weighted by Gasteiger charge is -2.36. The van der Waals surface area contributed by atoms with Crippen molar-refractivity contribution < 1.29 is 4.74 Å². The Balaban J connectivity index is 2.62. The summed E-state index contributed by atoms with van der Waals surface area (Å²) in [7, 11) is 0. The molecule has 0 aromatic carbocycles. The second kappa shape index (κ2) is 4.97. The van der Waals surface area contributed by atoms with E-state index in [1.165, 1.54) is 25.7 Å². The molecule has 1 aliphatic rings. The zero-order valence-electron chi connectivity index (χ0n) is 9.01. The van der Waals surface area contributed by atoms with Gasteiger partial charge in [-0.15, -0.1) is 0 Å². The molecule has 2 heteroatoms. The molecule has 0 radical (unpaired) electrons. The van der Waals surface area contributed by atoms with E-state index in [0.717, 1.165) is 19.4 Å². The second-order valence-corrected chi connectivity index (χ2v) is 4.20. The van der Waals surface area contributed by atoms with Crippen LogP contribution >= 0.6 is 0 Å². The molecule has 0 bridgehead atoms. The van der Waals surface area contributed by atoms with Gasteiger partial charge in [-0.05, 0) is 26.7 Å². The van der Waals surface area contributed by atoms with Crippen molar-refractivity contribution in [3.8, 4) is 0 Å². The summed E-state index contributed by atoms with van der Waals surface area (Å²) in [5, 5.41) is 0. The Morgan fingerprint density at radius 3 is 2.15 bits per heavy atom. The fraction of sp³-hybridized carbons (Fsp3) is 1.00. The molecule has 2 N–H and O–H groups in total. The minimum atomic E-state index is -0.00868. The van der Waals surface area contributed by atoms with Gasteiger partial charge in [0, 0.05) is 12.6 Å². The maximum absolute atomic E-state index is 6.03. The topological polar surface area (TPSA) is 35.2 Å². The summed E-state index contributed by atoms with van der Waals surface area (Å²) < 4.78 is 5.89. The molecule has 13 heavy (non-hydrogen) atoms. The van der Waals surface area contributed by atoms with Crippen LogP contribution in [0.1, 0.15) is 52.4 Å². The highest BCUT2D eigenvalue weighted by atomic mass is 16.5. The minimum Gasteiger partial charge on any atom is -0.374 e. The second-order valence-electron chi connectivity index (χ2n) is 4.20. The van der Waals surface area contributed by atoms with Gasteiger partial charge in [-0.3, -0.25) is 0 Å². The maximum Gasteiger partial charge on any atom is 0.0829 e. The zero-order valence-corrected chi connectivity index (χ0v) is 9.01. The minimum absolute atomic E-state index is 0.00868. The summed E-state index contributed by atoms with van der Waals surface area (Å²) in [5.41, 5.74) is 6.02. The fourth-order valence-electron chi connectivity index (χ4n) is 2.35. The monoisotopic (exact) mass is 185 g/mol. The molecule has 2 nitrogen and oxygen atoms in total. The Morgan fingerprint density at radius 2 is 1.77 bits per heavy atom. The van der Waals surface area contributed by atoms with Gasteiger partial charge in [0.2, 0.25) is 0 Å². The van der Waals surface area contributed by atoms with E-state index in [-0.39, 0.29) is 11.6 Å². The Morgan fingerprint density at radius 1 is 1.23 bits per heavy atom. The van der Waals surface area contributed by atoms with E-state index in [1.807, 2.05) is 0 Å². The number of hydrogen-bond acceptors (Lipinski definition) is 2. The average molecular weight is 185 g/mol. The van der Waals surface area contributed by atoms with E-state index in [0.29, 0.717) is 0 Å². The van der Waals surface area contributed by atoms with Crippen molar-refractivity contribution in [1.82, 2.24) is 0 Å². The standard InChI is InChI=1S/C11H23NO/c1-3-13-11(10(2)12)8-6-4-5-7-9-11/h10H,3-9,12H2,1-2H3/t10-/m0/s1. The van der Waals surface area contributed by atoms with Gasteiger partial charge in [0.25, 0.3) is 0 Å². The smallest absolute Gasteiger partial charge is 0.0829 e. The number of nitrogens with two attached hydrogens (primary N) is 1. The van der Waals surface area contributed by atoms with Crippen molar-refractivity contribution in [1.29, 1.82) is 0 Å². The van der Waals surface area contributed by atoms with Gasteiger partial charge >= 0.3 is 0 Å². The van der Waals surface area contributed by atoms with Gasteiger partial charge in [0.15, 0.2) is 0 Å². The number of rotatable bonds is 3. The Kier molecular flexibility index (Phi) is 4.20. The highest BCUT2D eigenvalue weighted by Crippen LogP contribution is 2.32. The molecule has 0 spiro atoms. The molecule has 1 aliphatic carbocycles. The molecule has 0 saturated heterocycles. The van der Waals surface area contributed by atoms with Crippen LogP contribution < -0.4 is 5.73 Å². The molecular weight excluding hydrogens is 162 g/mol. The predicted molar refractivity (Wildman–Crippen MR) is 55.7 cm³/mol. The summed E-state index contributed by atoms with van der Waals surface area (Å²) >= 11 is 0. The molecule has 78 valence electrons. The normalized spacial score (nSPS) is 25.2. The molecule has 0 unspecified atom stereocenters. The lowest BCUT2D eigenvalue weighted by molar-refractivity contribution is -0.0646. The van der Waals surface area contributed by atoms with Gasteiger partial charge in [-0.1, -0.05) is 25.7 Å². The van der Waals surface area contributed by atoms with Crippen LogP contribution in [0.3, 0.4) is 0 Å². The molecule has 0 aliphatic heterocycles. The average Bonchev–Trinajstić information content (AvgIpc) is 2.31. The van der Waals surface area contributed by atoms with E-state index >= 15 is 0 Å². The number of hydrogen-bond donors (Lipinski definition) is 1. The van der Waals surface area contributed by atoms with Crippen molar-refractivity contribution in [2.75, 3.05) is 6.61 Å². The molecule has 0 aromatic rings. The first-order valence-electron chi connectivity index (χ1n) is 5.61. The molecule has 1 rings (SSSR count). The van der Waals surface area contributed by atoms with Crippen LogP contribution in [0.5, 0.6) is 0 Å². The molecule has 0 heterocycles. The van der Waals surface area contributed by atoms with Crippen LogP contribution in [0, 0.1) is 0 Å². The van der Waals surface area contributed by atoms with Gasteiger partial charge < -0.3 is 10.5 Å². The van der Waals surface area contributed by atoms with Crippen LogP contribution in [0.25, 0.3) is 0 Å². The van der Waals surface area contributed by atoms with E-state index in [4.69, 9.17) is 10.5 Å². The van der Waals surface area contributed by atoms with Crippen molar-refractivity contribution in [2.24, 2.45) is 5.73 Å². The first-order valence-corrected chi connectivity index (χ1v) is 5.61. The summed E-state index contributed by atoms with van der Waals surface area (Å²) in [6.07, 6.45) is 7.56. The van der Waals surface area contributed by atoms with Crippen molar-refractivity contribution in [3.05, 3.63) is 0 Å². The van der Waals surface area contributed by atoms with E-state index in [1.54, 1.807) is 0 Å². The molecule has 1 fully saturated rings. The SMILES string of the molecule is CCOC1([C@H](C)N)CCCCCC1. The molecule has 0 aromatic heterocycles. The van der Waals surface area contributed by atoms with Gasteiger partial charge in [0.1, 0.15) is 0 Å². The molecule has 1 saturated carbocycles. The first kappa shape index (κ1) is 11.0. The molecule has 1 atom stereocenters. The van der Waals surface area contributed by atoms with Crippen LogP contribution in [-0.4, -0.2) is 18.2 Å². The van der Waals surface area contributed by atoms with Crippen LogP contribution in [0.2, 0.25) is 0 Å². The number of ether oxygens (including phenoxy) is 1. The first-order chi connectivity index (χ1) is 6.21. The molecular formula is C11H23NO. The van der Waals surface area contributed by atoms with E-state index in [9.17, 15) is 0 Å². The van der Waals surface area contributed by atoms with Crippen LogP contribution in [0.15, 0.2) is 0 Å². The lowest BCUT2D eigenvalue weighted by atomic mass is 9.87. The molecule has 0 amide bonds. The third kappa shape index (κ3) is 2.68. The van der Waals surface area contributed by atoms with Crippen molar-refractivity contribution in [2.45, 2.75) is 64.0 Å². The summed E-state index contributed by atoms with van der Waals surface area (Å²) in [4.78, 5) is 0. The van der Waals surface area contributed by atoms with Gasteiger partial charge in [0.05, 0.1) is 5.60 Å². The lowest BCUT2D eigenvalue weighted by Crippen LogP contribution is -2.48. The highest BCUT2D eigenvalue weighted by Gasteiger charge is 2.34. The van der Waals surface area contributed by atoms with Crippen molar-refractivity contribution >= 4 is 0 Å². The third-order valence-corrected chi connectivity index (χ3v) is 3.21. The largest absolute Gasteiger partial charge is 0.374 e. The summed E-state index contributed by atoms with van der Waals surface area (Å²) in [5.74, 6) is 0. The predicted octanol–water partition coefficient (Wildman–Crippen LogP) is 2.46. The van der Waals surface area contributed by atoms with Gasteiger partial charge in [-0.2, -0.15) is 0 Å².